The summed E-state index contributed by atoms with van der Waals surface area (Å²) in [5, 5.41) is 11.4. The Kier molecular flexibility index (Phi) is 4.80. The van der Waals surface area contributed by atoms with Crippen molar-refractivity contribution < 1.29 is 4.92 Å². The molecule has 1 saturated heterocycles. The maximum atomic E-state index is 10.9. The summed E-state index contributed by atoms with van der Waals surface area (Å²) in [7, 11) is 0. The lowest BCUT2D eigenvalue weighted by molar-refractivity contribution is -0.385. The Bertz CT molecular complexity index is 457. The van der Waals surface area contributed by atoms with Crippen LogP contribution >= 0.6 is 15.9 Å². The predicted molar refractivity (Wildman–Crippen MR) is 81.0 cm³/mol. The second kappa shape index (κ2) is 6.37. The predicted octanol–water partition coefficient (Wildman–Crippen LogP) is 4.12. The highest BCUT2D eigenvalue weighted by molar-refractivity contribution is 9.08. The minimum Gasteiger partial charge on any atom is -0.372 e. The van der Waals surface area contributed by atoms with Gasteiger partial charge in [-0.2, -0.15) is 0 Å². The third-order valence-electron chi connectivity index (χ3n) is 3.96. The smallest absolute Gasteiger partial charge is 0.273 e. The highest BCUT2D eigenvalue weighted by Crippen LogP contribution is 2.30. The first-order valence-corrected chi connectivity index (χ1v) is 7.86. The van der Waals surface area contributed by atoms with Gasteiger partial charge in [0.05, 0.1) is 4.92 Å². The number of anilines is 1. The molecule has 5 heteroatoms. The van der Waals surface area contributed by atoms with Crippen LogP contribution in [0.2, 0.25) is 0 Å². The monoisotopic (exact) mass is 326 g/mol. The molecule has 0 bridgehead atoms. The molecule has 0 spiro atoms. The lowest BCUT2D eigenvalue weighted by atomic mass is 9.94. The molecule has 4 nitrogen and oxygen atoms in total. The molecule has 1 aliphatic heterocycles. The van der Waals surface area contributed by atoms with Gasteiger partial charge in [-0.3, -0.25) is 10.1 Å². The van der Waals surface area contributed by atoms with Crippen LogP contribution in [0.1, 0.15) is 31.7 Å². The number of benzene rings is 1. The Labute approximate surface area is 122 Å². The van der Waals surface area contributed by atoms with Crippen molar-refractivity contribution in [1.82, 2.24) is 0 Å². The van der Waals surface area contributed by atoms with Crippen molar-refractivity contribution in [3.05, 3.63) is 33.9 Å². The SMILES string of the molecule is CCC1CCN(c2ccc([N+](=O)[O-])c(CBr)c2)CC1. The van der Waals surface area contributed by atoms with Gasteiger partial charge >= 0.3 is 0 Å². The maximum Gasteiger partial charge on any atom is 0.273 e. The fourth-order valence-corrected chi connectivity index (χ4v) is 3.10. The van der Waals surface area contributed by atoms with E-state index in [9.17, 15) is 10.1 Å². The van der Waals surface area contributed by atoms with E-state index in [1.165, 1.54) is 19.3 Å². The second-order valence-corrected chi connectivity index (χ2v) is 5.60. The number of alkyl halides is 1. The van der Waals surface area contributed by atoms with Crippen LogP contribution in [-0.2, 0) is 5.33 Å². The van der Waals surface area contributed by atoms with Gasteiger partial charge in [0, 0.05) is 35.7 Å². The van der Waals surface area contributed by atoms with Gasteiger partial charge in [0.15, 0.2) is 0 Å². The van der Waals surface area contributed by atoms with Crippen LogP contribution in [-0.4, -0.2) is 18.0 Å². The number of hydrogen-bond acceptors (Lipinski definition) is 3. The molecule has 0 amide bonds. The molecule has 19 heavy (non-hydrogen) atoms. The largest absolute Gasteiger partial charge is 0.372 e. The molecule has 0 aromatic heterocycles. The summed E-state index contributed by atoms with van der Waals surface area (Å²) in [6.07, 6.45) is 3.69. The Morgan fingerprint density at radius 3 is 2.63 bits per heavy atom. The molecule has 2 rings (SSSR count). The zero-order valence-corrected chi connectivity index (χ0v) is 12.7. The summed E-state index contributed by atoms with van der Waals surface area (Å²) in [6, 6.07) is 5.44. The molecule has 1 aromatic rings. The van der Waals surface area contributed by atoms with Crippen molar-refractivity contribution in [2.45, 2.75) is 31.5 Å². The fraction of sp³-hybridized carbons (Fsp3) is 0.571. The van der Waals surface area contributed by atoms with Gasteiger partial charge in [-0.15, -0.1) is 0 Å². The third kappa shape index (κ3) is 3.26. The number of rotatable bonds is 4. The van der Waals surface area contributed by atoms with Crippen molar-refractivity contribution >= 4 is 27.3 Å². The number of nitrogens with zero attached hydrogens (tertiary/aromatic N) is 2. The summed E-state index contributed by atoms with van der Waals surface area (Å²) in [6.45, 7) is 4.35. The molecule has 0 atom stereocenters. The molecule has 0 radical (unpaired) electrons. The quantitative estimate of drug-likeness (QED) is 0.475. The highest BCUT2D eigenvalue weighted by Gasteiger charge is 2.20. The van der Waals surface area contributed by atoms with Crippen molar-refractivity contribution in [2.24, 2.45) is 5.92 Å². The van der Waals surface area contributed by atoms with Crippen LogP contribution in [0.15, 0.2) is 18.2 Å². The van der Waals surface area contributed by atoms with Gasteiger partial charge in [-0.1, -0.05) is 29.3 Å². The molecule has 1 aliphatic rings. The van der Waals surface area contributed by atoms with E-state index in [1.807, 2.05) is 12.1 Å². The highest BCUT2D eigenvalue weighted by atomic mass is 79.9. The van der Waals surface area contributed by atoms with Crippen molar-refractivity contribution in [3.63, 3.8) is 0 Å². The average molecular weight is 327 g/mol. The first-order valence-electron chi connectivity index (χ1n) is 6.74. The molecule has 104 valence electrons. The summed E-state index contributed by atoms with van der Waals surface area (Å²) >= 11 is 3.33. The Hall–Kier alpha value is -1.10. The second-order valence-electron chi connectivity index (χ2n) is 5.04. The number of piperidine rings is 1. The number of nitro groups is 1. The van der Waals surface area contributed by atoms with E-state index in [-0.39, 0.29) is 10.6 Å². The van der Waals surface area contributed by atoms with Crippen LogP contribution in [0.3, 0.4) is 0 Å². The maximum absolute atomic E-state index is 10.9. The summed E-state index contributed by atoms with van der Waals surface area (Å²) in [4.78, 5) is 12.9. The Morgan fingerprint density at radius 1 is 1.42 bits per heavy atom. The normalized spacial score (nSPS) is 16.6. The van der Waals surface area contributed by atoms with Crippen LogP contribution in [0.25, 0.3) is 0 Å². The van der Waals surface area contributed by atoms with Crippen molar-refractivity contribution in [2.75, 3.05) is 18.0 Å². The lowest BCUT2D eigenvalue weighted by Gasteiger charge is -2.33. The van der Waals surface area contributed by atoms with Gasteiger partial charge in [-0.05, 0) is 30.9 Å². The Balaban J connectivity index is 2.15. The van der Waals surface area contributed by atoms with E-state index >= 15 is 0 Å². The minimum absolute atomic E-state index is 0.198. The molecule has 0 aliphatic carbocycles. The molecule has 1 aromatic carbocycles. The lowest BCUT2D eigenvalue weighted by Crippen LogP contribution is -2.33. The molecule has 1 heterocycles. The van der Waals surface area contributed by atoms with Crippen LogP contribution in [0.5, 0.6) is 0 Å². The number of halogens is 1. The Morgan fingerprint density at radius 2 is 2.11 bits per heavy atom. The topological polar surface area (TPSA) is 46.4 Å². The number of hydrogen-bond donors (Lipinski definition) is 0. The van der Waals surface area contributed by atoms with E-state index in [0.717, 1.165) is 30.3 Å². The van der Waals surface area contributed by atoms with Crippen molar-refractivity contribution in [3.8, 4) is 0 Å². The summed E-state index contributed by atoms with van der Waals surface area (Å²) in [5.74, 6) is 0.838. The first-order chi connectivity index (χ1) is 9.15. The van der Waals surface area contributed by atoms with Crippen molar-refractivity contribution in [1.29, 1.82) is 0 Å². The average Bonchev–Trinajstić information content (AvgIpc) is 2.46. The van der Waals surface area contributed by atoms with E-state index in [1.54, 1.807) is 6.07 Å². The van der Waals surface area contributed by atoms with Gasteiger partial charge in [0.1, 0.15) is 0 Å². The van der Waals surface area contributed by atoms with Gasteiger partial charge in [0.2, 0.25) is 0 Å². The minimum atomic E-state index is -0.316. The number of nitro benzene ring substituents is 1. The van der Waals surface area contributed by atoms with E-state index in [2.05, 4.69) is 27.8 Å². The van der Waals surface area contributed by atoms with Gasteiger partial charge in [-0.25, -0.2) is 0 Å². The molecule has 0 saturated carbocycles. The van der Waals surface area contributed by atoms with Crippen LogP contribution in [0.4, 0.5) is 11.4 Å². The van der Waals surface area contributed by atoms with Gasteiger partial charge < -0.3 is 4.90 Å². The summed E-state index contributed by atoms with van der Waals surface area (Å²) < 4.78 is 0. The zero-order chi connectivity index (χ0) is 13.8. The summed E-state index contributed by atoms with van der Waals surface area (Å²) in [5.41, 5.74) is 2.05. The zero-order valence-electron chi connectivity index (χ0n) is 11.1. The third-order valence-corrected chi connectivity index (χ3v) is 4.56. The standard InChI is InChI=1S/C14H19BrN2O2/c1-2-11-5-7-16(8-6-11)13-3-4-14(17(18)19)12(9-13)10-15/h3-4,9,11H,2,5-8,10H2,1H3. The van der Waals surface area contributed by atoms with Crippen LogP contribution in [0, 0.1) is 16.0 Å². The molecule has 0 unspecified atom stereocenters. The molecular weight excluding hydrogens is 308 g/mol. The van der Waals surface area contributed by atoms with Crippen LogP contribution < -0.4 is 4.90 Å². The van der Waals surface area contributed by atoms with Gasteiger partial charge in [0.25, 0.3) is 5.69 Å². The van der Waals surface area contributed by atoms with E-state index in [0.29, 0.717) is 5.33 Å². The molecule has 0 N–H and O–H groups in total. The molecular formula is C14H19BrN2O2. The van der Waals surface area contributed by atoms with E-state index < -0.39 is 0 Å². The first kappa shape index (κ1) is 14.3. The van der Waals surface area contributed by atoms with E-state index in [4.69, 9.17) is 0 Å². The molecule has 1 fully saturated rings. The fourth-order valence-electron chi connectivity index (χ4n) is 2.65.